The van der Waals surface area contributed by atoms with Crippen molar-refractivity contribution < 1.29 is 28.8 Å². The molecule has 1 N–H and O–H groups in total. The van der Waals surface area contributed by atoms with Crippen molar-refractivity contribution in [3.63, 3.8) is 0 Å². The van der Waals surface area contributed by atoms with Gasteiger partial charge in [-0.1, -0.05) is 41.9 Å². The van der Waals surface area contributed by atoms with Gasteiger partial charge in [0.2, 0.25) is 5.75 Å². The van der Waals surface area contributed by atoms with Crippen LogP contribution in [0.25, 0.3) is 21.9 Å². The van der Waals surface area contributed by atoms with Gasteiger partial charge in [-0.3, -0.25) is 0 Å². The molecule has 0 atom stereocenters. The summed E-state index contributed by atoms with van der Waals surface area (Å²) in [6.07, 6.45) is 0. The molecular weight excluding hydrogens is 458 g/mol. The molecular formula is C26H22ClNO6. The molecule has 0 saturated heterocycles. The average molecular weight is 480 g/mol. The highest BCUT2D eigenvalue weighted by molar-refractivity contribution is 6.35. The summed E-state index contributed by atoms with van der Waals surface area (Å²) in [5, 5.41) is 11.1. The van der Waals surface area contributed by atoms with E-state index >= 15 is 0 Å². The molecule has 0 aliphatic heterocycles. The first kappa shape index (κ1) is 23.2. The number of pyridine rings is 1. The molecule has 0 bridgehead atoms. The van der Waals surface area contributed by atoms with Gasteiger partial charge >= 0.3 is 5.97 Å². The van der Waals surface area contributed by atoms with Gasteiger partial charge in [-0.15, -0.1) is 0 Å². The van der Waals surface area contributed by atoms with Crippen LogP contribution in [0.15, 0.2) is 60.7 Å². The van der Waals surface area contributed by atoms with Gasteiger partial charge in [-0.05, 0) is 46.8 Å². The Labute approximate surface area is 201 Å². The van der Waals surface area contributed by atoms with Gasteiger partial charge in [-0.25, -0.2) is 9.78 Å². The number of fused-ring (bicyclic) bond motifs is 1. The maximum atomic E-state index is 12.1. The van der Waals surface area contributed by atoms with Crippen LogP contribution in [0.3, 0.4) is 0 Å². The molecule has 1 heterocycles. The Kier molecular flexibility index (Phi) is 6.75. The molecule has 4 aromatic rings. The third kappa shape index (κ3) is 4.43. The van der Waals surface area contributed by atoms with Crippen LogP contribution < -0.4 is 18.9 Å². The first-order chi connectivity index (χ1) is 16.5. The number of methoxy groups -OCH3 is 3. The summed E-state index contributed by atoms with van der Waals surface area (Å²) in [7, 11) is 4.49. The van der Waals surface area contributed by atoms with Gasteiger partial charge in [0.1, 0.15) is 17.5 Å². The van der Waals surface area contributed by atoms with E-state index in [4.69, 9.17) is 30.5 Å². The van der Waals surface area contributed by atoms with E-state index < -0.39 is 5.97 Å². The van der Waals surface area contributed by atoms with Crippen LogP contribution in [0.4, 0.5) is 0 Å². The third-order valence-electron chi connectivity index (χ3n) is 5.33. The molecule has 0 amide bonds. The zero-order chi connectivity index (χ0) is 24.2. The van der Waals surface area contributed by atoms with E-state index in [0.29, 0.717) is 51.5 Å². The molecule has 0 radical (unpaired) electrons. The summed E-state index contributed by atoms with van der Waals surface area (Å²) in [6.45, 7) is 0.379. The molecule has 0 fully saturated rings. The number of halogens is 1. The second kappa shape index (κ2) is 9.89. The maximum absolute atomic E-state index is 12.1. The number of nitrogens with zero attached hydrogens (tertiary/aromatic N) is 1. The van der Waals surface area contributed by atoms with Crippen molar-refractivity contribution in [3.8, 4) is 34.1 Å². The minimum Gasteiger partial charge on any atom is -0.493 e. The lowest BCUT2D eigenvalue weighted by molar-refractivity contribution is 0.0691. The van der Waals surface area contributed by atoms with Crippen LogP contribution in [-0.2, 0) is 6.61 Å². The minimum atomic E-state index is -1.21. The predicted octanol–water partition coefficient (Wildman–Crippen LogP) is 5.86. The summed E-state index contributed by atoms with van der Waals surface area (Å²) in [5.41, 5.74) is 1.73. The van der Waals surface area contributed by atoms with Crippen LogP contribution in [0.5, 0.6) is 23.0 Å². The lowest BCUT2D eigenvalue weighted by atomic mass is 9.96. The van der Waals surface area contributed by atoms with E-state index in [0.717, 1.165) is 5.56 Å². The Bertz CT molecular complexity index is 1330. The fraction of sp³-hybridized carbons (Fsp3) is 0.154. The van der Waals surface area contributed by atoms with Crippen LogP contribution in [0.2, 0.25) is 5.15 Å². The van der Waals surface area contributed by atoms with Gasteiger partial charge in [-0.2, -0.15) is 0 Å². The summed E-state index contributed by atoms with van der Waals surface area (Å²) in [5.74, 6) is 0.544. The molecule has 1 aromatic heterocycles. The molecule has 7 nitrogen and oxygen atoms in total. The van der Waals surface area contributed by atoms with Crippen molar-refractivity contribution in [3.05, 3.63) is 77.1 Å². The molecule has 0 unspecified atom stereocenters. The number of hydrogen-bond acceptors (Lipinski definition) is 6. The fourth-order valence-corrected chi connectivity index (χ4v) is 4.00. The molecule has 0 aliphatic rings. The molecule has 0 saturated carbocycles. The first-order valence-corrected chi connectivity index (χ1v) is 10.7. The van der Waals surface area contributed by atoms with E-state index in [1.165, 1.54) is 21.3 Å². The lowest BCUT2D eigenvalue weighted by Crippen LogP contribution is -2.06. The second-order valence-corrected chi connectivity index (χ2v) is 7.69. The lowest BCUT2D eigenvalue weighted by Gasteiger charge is -2.17. The number of aromatic carboxylic acids is 1. The van der Waals surface area contributed by atoms with E-state index in [1.807, 2.05) is 30.3 Å². The Balaban J connectivity index is 1.88. The zero-order valence-corrected chi connectivity index (χ0v) is 19.6. The monoisotopic (exact) mass is 479 g/mol. The van der Waals surface area contributed by atoms with Crippen molar-refractivity contribution in [1.29, 1.82) is 0 Å². The number of carbonyl (C=O) groups is 1. The van der Waals surface area contributed by atoms with E-state index in [9.17, 15) is 9.90 Å². The SMILES string of the molecule is COc1cc(-c2c(C(=O)O)nc(Cl)c3cc(OCc4ccccc4)ccc23)cc(OC)c1OC. The van der Waals surface area contributed by atoms with E-state index in [2.05, 4.69) is 4.98 Å². The van der Waals surface area contributed by atoms with Crippen LogP contribution in [-0.4, -0.2) is 37.4 Å². The number of carboxylic acids is 1. The molecule has 0 spiro atoms. The first-order valence-electron chi connectivity index (χ1n) is 10.3. The molecule has 34 heavy (non-hydrogen) atoms. The topological polar surface area (TPSA) is 87.1 Å². The highest BCUT2D eigenvalue weighted by Crippen LogP contribution is 2.44. The van der Waals surface area contributed by atoms with E-state index in [1.54, 1.807) is 30.3 Å². The van der Waals surface area contributed by atoms with Gasteiger partial charge in [0.25, 0.3) is 0 Å². The second-order valence-electron chi connectivity index (χ2n) is 7.33. The van der Waals surface area contributed by atoms with Crippen LogP contribution in [0.1, 0.15) is 16.1 Å². The average Bonchev–Trinajstić information content (AvgIpc) is 2.87. The van der Waals surface area contributed by atoms with Crippen molar-refractivity contribution in [2.45, 2.75) is 6.61 Å². The zero-order valence-electron chi connectivity index (χ0n) is 18.8. The number of aromatic nitrogens is 1. The quantitative estimate of drug-likeness (QED) is 0.317. The number of hydrogen-bond donors (Lipinski definition) is 1. The van der Waals surface area contributed by atoms with Crippen LogP contribution >= 0.6 is 11.6 Å². The van der Waals surface area contributed by atoms with E-state index in [-0.39, 0.29) is 10.8 Å². The normalized spacial score (nSPS) is 10.7. The third-order valence-corrected chi connectivity index (χ3v) is 5.62. The number of benzene rings is 3. The molecule has 174 valence electrons. The van der Waals surface area contributed by atoms with Crippen molar-refractivity contribution in [2.24, 2.45) is 0 Å². The van der Waals surface area contributed by atoms with Crippen molar-refractivity contribution in [2.75, 3.05) is 21.3 Å². The Morgan fingerprint density at radius 3 is 2.18 bits per heavy atom. The largest absolute Gasteiger partial charge is 0.493 e. The number of rotatable bonds is 8. The smallest absolute Gasteiger partial charge is 0.355 e. The minimum absolute atomic E-state index is 0.0637. The van der Waals surface area contributed by atoms with Crippen molar-refractivity contribution >= 4 is 28.3 Å². The maximum Gasteiger partial charge on any atom is 0.355 e. The Morgan fingerprint density at radius 2 is 1.59 bits per heavy atom. The molecule has 4 rings (SSSR count). The van der Waals surface area contributed by atoms with Gasteiger partial charge in [0.15, 0.2) is 17.2 Å². The molecule has 3 aromatic carbocycles. The Hall–Kier alpha value is -3.97. The fourth-order valence-electron chi connectivity index (χ4n) is 3.76. The summed E-state index contributed by atoms with van der Waals surface area (Å²) in [4.78, 5) is 16.3. The number of ether oxygens (including phenoxy) is 4. The van der Waals surface area contributed by atoms with Gasteiger partial charge in [0.05, 0.1) is 21.3 Å². The van der Waals surface area contributed by atoms with Crippen molar-refractivity contribution in [1.82, 2.24) is 4.98 Å². The van der Waals surface area contributed by atoms with Crippen LogP contribution in [0, 0.1) is 0 Å². The summed E-state index contributed by atoms with van der Waals surface area (Å²) in [6, 6.07) is 18.4. The molecule has 8 heteroatoms. The molecule has 0 aliphatic carbocycles. The highest BCUT2D eigenvalue weighted by Gasteiger charge is 2.23. The predicted molar refractivity (Wildman–Crippen MR) is 130 cm³/mol. The summed E-state index contributed by atoms with van der Waals surface area (Å²) < 4.78 is 22.2. The van der Waals surface area contributed by atoms with Gasteiger partial charge in [0, 0.05) is 10.9 Å². The summed E-state index contributed by atoms with van der Waals surface area (Å²) >= 11 is 6.42. The standard InChI is InChI=1S/C26H22ClNO6/c1-31-20-11-16(12-21(32-2)24(20)33-3)22-18-10-9-17(34-14-15-7-5-4-6-8-15)13-19(18)25(27)28-23(22)26(29)30/h4-13H,14H2,1-3H3,(H,29,30). The van der Waals surface area contributed by atoms with Gasteiger partial charge < -0.3 is 24.1 Å². The highest BCUT2D eigenvalue weighted by atomic mass is 35.5. The number of carboxylic acid groups (broad SMARTS) is 1. The Morgan fingerprint density at radius 1 is 0.912 bits per heavy atom.